The molecular weight excluding hydrogens is 454 g/mol. The minimum absolute atomic E-state index is 0.240. The van der Waals surface area contributed by atoms with Gasteiger partial charge in [-0.3, -0.25) is 9.80 Å². The number of methoxy groups -OCH3 is 1. The summed E-state index contributed by atoms with van der Waals surface area (Å²) in [4.78, 5) is 17.0. The van der Waals surface area contributed by atoms with E-state index in [1.807, 2.05) is 48.5 Å². The number of carbonyl (C=O) groups is 1. The molecule has 7 nitrogen and oxygen atoms in total. The van der Waals surface area contributed by atoms with Crippen LogP contribution < -0.4 is 14.8 Å². The molecule has 36 heavy (non-hydrogen) atoms. The molecule has 0 aromatic heterocycles. The van der Waals surface area contributed by atoms with Crippen LogP contribution >= 0.6 is 0 Å². The summed E-state index contributed by atoms with van der Waals surface area (Å²) in [5.74, 6) is 1.36. The van der Waals surface area contributed by atoms with Gasteiger partial charge in [0, 0.05) is 45.8 Å². The lowest BCUT2D eigenvalue weighted by molar-refractivity contribution is 0.112. The van der Waals surface area contributed by atoms with E-state index in [-0.39, 0.29) is 6.61 Å². The smallest absolute Gasteiger partial charge is 0.407 e. The second-order valence-electron chi connectivity index (χ2n) is 8.85. The predicted molar refractivity (Wildman–Crippen MR) is 140 cm³/mol. The molecule has 0 bridgehead atoms. The fraction of sp³-hybridized carbons (Fsp3) is 0.345. The van der Waals surface area contributed by atoms with Gasteiger partial charge in [0.25, 0.3) is 0 Å². The average molecular weight is 490 g/mol. The van der Waals surface area contributed by atoms with Crippen molar-refractivity contribution < 1.29 is 19.0 Å². The molecule has 0 radical (unpaired) electrons. The Labute approximate surface area is 213 Å². The number of rotatable bonds is 11. The van der Waals surface area contributed by atoms with Crippen molar-refractivity contribution in [3.63, 3.8) is 0 Å². The number of ether oxygens (including phenoxy) is 3. The maximum Gasteiger partial charge on any atom is 0.407 e. The Balaban J connectivity index is 1.18. The topological polar surface area (TPSA) is 63.3 Å². The molecule has 190 valence electrons. The van der Waals surface area contributed by atoms with Crippen LogP contribution in [-0.2, 0) is 24.4 Å². The van der Waals surface area contributed by atoms with Crippen molar-refractivity contribution in [2.24, 2.45) is 0 Å². The van der Waals surface area contributed by atoms with E-state index in [9.17, 15) is 4.79 Å². The first-order valence-corrected chi connectivity index (χ1v) is 12.4. The first kappa shape index (κ1) is 25.5. The molecular formula is C29H35N3O4. The molecule has 0 spiro atoms. The lowest BCUT2D eigenvalue weighted by Crippen LogP contribution is -2.47. The average Bonchev–Trinajstić information content (AvgIpc) is 2.93. The van der Waals surface area contributed by atoms with Crippen LogP contribution in [0.2, 0.25) is 0 Å². The van der Waals surface area contributed by atoms with Gasteiger partial charge < -0.3 is 19.5 Å². The van der Waals surface area contributed by atoms with Gasteiger partial charge in [0.15, 0.2) is 11.5 Å². The fourth-order valence-electron chi connectivity index (χ4n) is 4.19. The molecule has 3 aromatic rings. The van der Waals surface area contributed by atoms with E-state index >= 15 is 0 Å². The molecule has 1 aliphatic heterocycles. The number of carbonyl (C=O) groups excluding carboxylic acids is 1. The molecule has 1 fully saturated rings. The molecule has 1 aliphatic rings. The Hall–Kier alpha value is -3.55. The molecule has 3 aromatic carbocycles. The summed E-state index contributed by atoms with van der Waals surface area (Å²) in [5.41, 5.74) is 3.22. The monoisotopic (exact) mass is 489 g/mol. The van der Waals surface area contributed by atoms with Gasteiger partial charge in [-0.25, -0.2) is 4.79 Å². The zero-order chi connectivity index (χ0) is 25.0. The third kappa shape index (κ3) is 8.00. The molecule has 0 atom stereocenters. The summed E-state index contributed by atoms with van der Waals surface area (Å²) in [7, 11) is 1.63. The van der Waals surface area contributed by atoms with Gasteiger partial charge in [-0.2, -0.15) is 0 Å². The number of amides is 1. The molecule has 7 heteroatoms. The van der Waals surface area contributed by atoms with E-state index in [1.54, 1.807) is 7.11 Å². The van der Waals surface area contributed by atoms with E-state index in [4.69, 9.17) is 14.2 Å². The van der Waals surface area contributed by atoms with Crippen LogP contribution in [0.1, 0.15) is 16.7 Å². The van der Waals surface area contributed by atoms with E-state index in [2.05, 4.69) is 45.4 Å². The van der Waals surface area contributed by atoms with Gasteiger partial charge in [0.05, 0.1) is 7.11 Å². The van der Waals surface area contributed by atoms with Crippen molar-refractivity contribution in [2.45, 2.75) is 19.7 Å². The van der Waals surface area contributed by atoms with E-state index < -0.39 is 6.09 Å². The van der Waals surface area contributed by atoms with Crippen LogP contribution in [0.3, 0.4) is 0 Å². The summed E-state index contributed by atoms with van der Waals surface area (Å²) >= 11 is 0. The van der Waals surface area contributed by atoms with Crippen molar-refractivity contribution in [3.8, 4) is 11.5 Å². The highest BCUT2D eigenvalue weighted by Gasteiger charge is 2.17. The van der Waals surface area contributed by atoms with Crippen molar-refractivity contribution in [2.75, 3.05) is 46.4 Å². The van der Waals surface area contributed by atoms with Gasteiger partial charge >= 0.3 is 6.09 Å². The Morgan fingerprint density at radius 1 is 0.806 bits per heavy atom. The highest BCUT2D eigenvalue weighted by Crippen LogP contribution is 2.28. The Morgan fingerprint density at radius 2 is 1.47 bits per heavy atom. The van der Waals surface area contributed by atoms with Crippen LogP contribution in [0.4, 0.5) is 4.79 Å². The third-order valence-corrected chi connectivity index (χ3v) is 6.26. The van der Waals surface area contributed by atoms with Gasteiger partial charge in [0.2, 0.25) is 0 Å². The third-order valence-electron chi connectivity index (χ3n) is 6.26. The second kappa shape index (κ2) is 13.5. The Kier molecular flexibility index (Phi) is 9.59. The molecule has 4 rings (SSSR count). The summed E-state index contributed by atoms with van der Waals surface area (Å²) < 4.78 is 16.8. The number of piperazine rings is 1. The summed E-state index contributed by atoms with van der Waals surface area (Å²) in [5, 5.41) is 2.79. The summed E-state index contributed by atoms with van der Waals surface area (Å²) in [6.07, 6.45) is -0.455. The standard InChI is InChI=1S/C29H35N3O4/c1-34-27-13-12-26(21-30-29(33)36-23-25-10-6-3-7-11-25)20-28(27)35-19-18-31-14-16-32(17-15-31)22-24-8-4-2-5-9-24/h2-13,20H,14-19,21-23H2,1H3,(H,30,33). The van der Waals surface area contributed by atoms with Crippen molar-refractivity contribution in [3.05, 3.63) is 95.6 Å². The van der Waals surface area contributed by atoms with Crippen molar-refractivity contribution in [1.29, 1.82) is 0 Å². The van der Waals surface area contributed by atoms with Crippen molar-refractivity contribution >= 4 is 6.09 Å². The SMILES string of the molecule is COc1ccc(CNC(=O)OCc2ccccc2)cc1OCCN1CCN(Cc2ccccc2)CC1. The molecule has 1 amide bonds. The number of hydrogen-bond acceptors (Lipinski definition) is 6. The minimum Gasteiger partial charge on any atom is -0.493 e. The van der Waals surface area contributed by atoms with Crippen LogP contribution in [-0.4, -0.2) is 62.3 Å². The maximum atomic E-state index is 12.1. The Morgan fingerprint density at radius 3 is 2.17 bits per heavy atom. The molecule has 0 aliphatic carbocycles. The van der Waals surface area contributed by atoms with E-state index in [0.717, 1.165) is 50.4 Å². The van der Waals surface area contributed by atoms with Crippen LogP contribution in [0, 0.1) is 0 Å². The minimum atomic E-state index is -0.455. The molecule has 1 heterocycles. The van der Waals surface area contributed by atoms with Crippen LogP contribution in [0.25, 0.3) is 0 Å². The first-order valence-electron chi connectivity index (χ1n) is 12.4. The zero-order valence-corrected chi connectivity index (χ0v) is 20.9. The predicted octanol–water partition coefficient (Wildman–Crippen LogP) is 4.32. The summed E-state index contributed by atoms with van der Waals surface area (Å²) in [6, 6.07) is 25.9. The first-order chi connectivity index (χ1) is 17.7. The lowest BCUT2D eigenvalue weighted by Gasteiger charge is -2.34. The number of nitrogens with one attached hydrogen (secondary N) is 1. The Bertz CT molecular complexity index is 1070. The molecule has 1 saturated heterocycles. The number of alkyl carbamates (subject to hydrolysis) is 1. The largest absolute Gasteiger partial charge is 0.493 e. The number of hydrogen-bond donors (Lipinski definition) is 1. The van der Waals surface area contributed by atoms with Gasteiger partial charge in [-0.15, -0.1) is 0 Å². The van der Waals surface area contributed by atoms with Gasteiger partial charge in [-0.1, -0.05) is 66.7 Å². The molecule has 1 N–H and O–H groups in total. The van der Waals surface area contributed by atoms with Crippen LogP contribution in [0.15, 0.2) is 78.9 Å². The highest BCUT2D eigenvalue weighted by molar-refractivity contribution is 5.67. The number of benzene rings is 3. The summed E-state index contributed by atoms with van der Waals surface area (Å²) in [6.45, 7) is 7.19. The lowest BCUT2D eigenvalue weighted by atomic mass is 10.2. The quantitative estimate of drug-likeness (QED) is 0.433. The molecule has 0 unspecified atom stereocenters. The fourth-order valence-corrected chi connectivity index (χ4v) is 4.19. The van der Waals surface area contributed by atoms with Gasteiger partial charge in [-0.05, 0) is 28.8 Å². The normalized spacial score (nSPS) is 14.2. The van der Waals surface area contributed by atoms with Gasteiger partial charge in [0.1, 0.15) is 13.2 Å². The van der Waals surface area contributed by atoms with E-state index in [1.165, 1.54) is 5.56 Å². The van der Waals surface area contributed by atoms with Crippen LogP contribution in [0.5, 0.6) is 11.5 Å². The molecule has 0 saturated carbocycles. The maximum absolute atomic E-state index is 12.1. The highest BCUT2D eigenvalue weighted by atomic mass is 16.5. The number of nitrogens with zero attached hydrogens (tertiary/aromatic N) is 2. The van der Waals surface area contributed by atoms with Crippen molar-refractivity contribution in [1.82, 2.24) is 15.1 Å². The zero-order valence-electron chi connectivity index (χ0n) is 20.9. The second-order valence-corrected chi connectivity index (χ2v) is 8.85. The van der Waals surface area contributed by atoms with E-state index in [0.29, 0.717) is 24.7 Å².